The second kappa shape index (κ2) is 6.04. The van der Waals surface area contributed by atoms with Gasteiger partial charge in [0.05, 0.1) is 17.7 Å². The number of rotatable bonds is 3. The minimum atomic E-state index is -0.351. The first kappa shape index (κ1) is 15.4. The number of allylic oxidation sites excluding steroid dienone is 2. The zero-order valence-corrected chi connectivity index (χ0v) is 13.9. The maximum atomic E-state index is 13.0. The summed E-state index contributed by atoms with van der Waals surface area (Å²) in [4.78, 5) is 33.8. The molecule has 0 N–H and O–H groups in total. The molecule has 126 valence electrons. The molecule has 2 amide bonds. The summed E-state index contributed by atoms with van der Waals surface area (Å²) >= 11 is 0. The van der Waals surface area contributed by atoms with Crippen LogP contribution in [0.1, 0.15) is 31.4 Å². The van der Waals surface area contributed by atoms with Gasteiger partial charge < -0.3 is 9.80 Å². The second-order valence-corrected chi connectivity index (χ2v) is 7.23. The molecule has 0 aromatic carbocycles. The molecule has 1 atom stereocenters. The molecule has 0 radical (unpaired) electrons. The highest BCUT2D eigenvalue weighted by molar-refractivity contribution is 5.87. The van der Waals surface area contributed by atoms with Crippen LogP contribution in [0.3, 0.4) is 0 Å². The fourth-order valence-electron chi connectivity index (χ4n) is 4.25. The zero-order valence-electron chi connectivity index (χ0n) is 13.9. The number of nitrogens with zero attached hydrogens (tertiary/aromatic N) is 3. The van der Waals surface area contributed by atoms with Crippen molar-refractivity contribution >= 4 is 11.8 Å². The van der Waals surface area contributed by atoms with Crippen LogP contribution in [0.5, 0.6) is 0 Å². The number of aromatic nitrogens is 1. The Morgan fingerprint density at radius 3 is 2.75 bits per heavy atom. The molecular formula is C19H23N3O2. The van der Waals surface area contributed by atoms with E-state index in [2.05, 4.69) is 17.1 Å². The van der Waals surface area contributed by atoms with Crippen molar-refractivity contribution < 1.29 is 9.59 Å². The van der Waals surface area contributed by atoms with Gasteiger partial charge in [0.25, 0.3) is 0 Å². The number of carbonyl (C=O) groups excluding carboxylic acids is 2. The van der Waals surface area contributed by atoms with Crippen molar-refractivity contribution in [3.8, 4) is 0 Å². The molecule has 3 heterocycles. The highest BCUT2D eigenvalue weighted by atomic mass is 16.2. The van der Waals surface area contributed by atoms with Gasteiger partial charge in [0.15, 0.2) is 0 Å². The minimum absolute atomic E-state index is 0.0984. The van der Waals surface area contributed by atoms with E-state index in [1.165, 1.54) is 0 Å². The van der Waals surface area contributed by atoms with E-state index in [1.54, 1.807) is 6.20 Å². The molecule has 5 heteroatoms. The van der Waals surface area contributed by atoms with E-state index in [4.69, 9.17) is 0 Å². The molecule has 2 fully saturated rings. The Bertz CT molecular complexity index is 664. The van der Waals surface area contributed by atoms with Crippen LogP contribution in [0.2, 0.25) is 0 Å². The van der Waals surface area contributed by atoms with Crippen LogP contribution in [0.15, 0.2) is 36.5 Å². The number of amides is 2. The van der Waals surface area contributed by atoms with Crippen molar-refractivity contribution in [2.24, 2.45) is 11.3 Å². The molecule has 0 saturated carbocycles. The van der Waals surface area contributed by atoms with Crippen LogP contribution in [-0.2, 0) is 16.1 Å². The summed E-state index contributed by atoms with van der Waals surface area (Å²) in [6.07, 6.45) is 9.29. The molecule has 2 aliphatic heterocycles. The SMILES string of the molecule is O=C(C1CC=CC1)N1CCC2(CCN(Cc3ccccn3)C2=O)C1. The molecule has 5 nitrogen and oxygen atoms in total. The monoisotopic (exact) mass is 325 g/mol. The Balaban J connectivity index is 1.41. The summed E-state index contributed by atoms with van der Waals surface area (Å²) in [5.74, 6) is 0.530. The Hall–Kier alpha value is -2.17. The van der Waals surface area contributed by atoms with E-state index in [-0.39, 0.29) is 23.1 Å². The topological polar surface area (TPSA) is 53.5 Å². The van der Waals surface area contributed by atoms with Crippen molar-refractivity contribution in [2.45, 2.75) is 32.2 Å². The van der Waals surface area contributed by atoms with Crippen molar-refractivity contribution in [1.82, 2.24) is 14.8 Å². The first-order valence-electron chi connectivity index (χ1n) is 8.81. The van der Waals surface area contributed by atoms with Crippen LogP contribution >= 0.6 is 0 Å². The van der Waals surface area contributed by atoms with Crippen LogP contribution < -0.4 is 0 Å². The van der Waals surface area contributed by atoms with Gasteiger partial charge in [-0.1, -0.05) is 18.2 Å². The zero-order chi connectivity index (χ0) is 16.6. The third kappa shape index (κ3) is 2.62. The van der Waals surface area contributed by atoms with Crippen molar-refractivity contribution in [2.75, 3.05) is 19.6 Å². The number of likely N-dealkylation sites (tertiary alicyclic amines) is 2. The molecule has 3 aliphatic rings. The summed E-state index contributed by atoms with van der Waals surface area (Å²) in [5.41, 5.74) is 0.571. The van der Waals surface area contributed by atoms with Gasteiger partial charge in [0.1, 0.15) is 0 Å². The maximum absolute atomic E-state index is 13.0. The highest BCUT2D eigenvalue weighted by Crippen LogP contribution is 2.42. The molecule has 24 heavy (non-hydrogen) atoms. The fraction of sp³-hybridized carbons (Fsp3) is 0.526. The molecule has 4 rings (SSSR count). The number of hydrogen-bond acceptors (Lipinski definition) is 3. The first-order valence-corrected chi connectivity index (χ1v) is 8.81. The molecule has 1 spiro atoms. The Labute approximate surface area is 142 Å². The molecule has 1 aliphatic carbocycles. The third-order valence-electron chi connectivity index (χ3n) is 5.70. The first-order chi connectivity index (χ1) is 11.7. The summed E-state index contributed by atoms with van der Waals surface area (Å²) in [6.45, 7) is 2.66. The second-order valence-electron chi connectivity index (χ2n) is 7.23. The standard InChI is InChI=1S/C19H23N3O2/c23-17(15-5-1-2-6-15)22-12-9-19(14-22)8-11-21(18(19)24)13-16-7-3-4-10-20-16/h1-4,7,10,15H,5-6,8-9,11-14H2. The van der Waals surface area contributed by atoms with E-state index < -0.39 is 0 Å². The van der Waals surface area contributed by atoms with Gasteiger partial charge in [-0.15, -0.1) is 0 Å². The third-order valence-corrected chi connectivity index (χ3v) is 5.70. The summed E-state index contributed by atoms with van der Waals surface area (Å²) in [6, 6.07) is 5.79. The van der Waals surface area contributed by atoms with Gasteiger partial charge in [-0.25, -0.2) is 0 Å². The number of hydrogen-bond donors (Lipinski definition) is 0. The molecular weight excluding hydrogens is 302 g/mol. The van der Waals surface area contributed by atoms with Crippen molar-refractivity contribution in [3.63, 3.8) is 0 Å². The van der Waals surface area contributed by atoms with Crippen molar-refractivity contribution in [1.29, 1.82) is 0 Å². The summed E-state index contributed by atoms with van der Waals surface area (Å²) < 4.78 is 0. The van der Waals surface area contributed by atoms with E-state index in [0.717, 1.165) is 44.5 Å². The largest absolute Gasteiger partial charge is 0.341 e. The average molecular weight is 325 g/mol. The van der Waals surface area contributed by atoms with Crippen molar-refractivity contribution in [3.05, 3.63) is 42.2 Å². The quantitative estimate of drug-likeness (QED) is 0.799. The molecule has 1 aromatic heterocycles. The lowest BCUT2D eigenvalue weighted by Crippen LogP contribution is -2.39. The number of carbonyl (C=O) groups is 2. The van der Waals surface area contributed by atoms with E-state index >= 15 is 0 Å². The normalized spacial score (nSPS) is 26.9. The van der Waals surface area contributed by atoms with Gasteiger partial charge in [-0.3, -0.25) is 14.6 Å². The Morgan fingerprint density at radius 1 is 1.21 bits per heavy atom. The van der Waals surface area contributed by atoms with E-state index in [9.17, 15) is 9.59 Å². The van der Waals surface area contributed by atoms with Crippen LogP contribution in [-0.4, -0.2) is 46.2 Å². The van der Waals surface area contributed by atoms with Gasteiger partial charge in [-0.05, 0) is 37.8 Å². The maximum Gasteiger partial charge on any atom is 0.231 e. The molecule has 1 unspecified atom stereocenters. The number of pyridine rings is 1. The van der Waals surface area contributed by atoms with Gasteiger partial charge in [-0.2, -0.15) is 0 Å². The highest BCUT2D eigenvalue weighted by Gasteiger charge is 2.51. The van der Waals surface area contributed by atoms with E-state index in [0.29, 0.717) is 13.1 Å². The summed E-state index contributed by atoms with van der Waals surface area (Å²) in [7, 11) is 0. The van der Waals surface area contributed by atoms with Gasteiger partial charge in [0.2, 0.25) is 11.8 Å². The predicted molar refractivity (Wildman–Crippen MR) is 89.8 cm³/mol. The van der Waals surface area contributed by atoms with Crippen LogP contribution in [0, 0.1) is 11.3 Å². The van der Waals surface area contributed by atoms with Gasteiger partial charge >= 0.3 is 0 Å². The van der Waals surface area contributed by atoms with Gasteiger partial charge in [0, 0.05) is 31.7 Å². The lowest BCUT2D eigenvalue weighted by atomic mass is 9.85. The molecule has 2 saturated heterocycles. The lowest BCUT2D eigenvalue weighted by molar-refractivity contribution is -0.138. The summed E-state index contributed by atoms with van der Waals surface area (Å²) in [5, 5.41) is 0. The Kier molecular flexibility index (Phi) is 3.87. The average Bonchev–Trinajstić information content (AvgIpc) is 3.34. The lowest BCUT2D eigenvalue weighted by Gasteiger charge is -2.25. The fourth-order valence-corrected chi connectivity index (χ4v) is 4.25. The smallest absolute Gasteiger partial charge is 0.231 e. The van der Waals surface area contributed by atoms with Crippen LogP contribution in [0.4, 0.5) is 0 Å². The minimum Gasteiger partial charge on any atom is -0.341 e. The molecule has 0 bridgehead atoms. The molecule has 1 aromatic rings. The predicted octanol–water partition coefficient (Wildman–Crippen LogP) is 2.00. The van der Waals surface area contributed by atoms with E-state index in [1.807, 2.05) is 28.0 Å². The Morgan fingerprint density at radius 2 is 2.00 bits per heavy atom. The van der Waals surface area contributed by atoms with Crippen LogP contribution in [0.25, 0.3) is 0 Å².